The lowest BCUT2D eigenvalue weighted by Crippen LogP contribution is -2.26. The van der Waals surface area contributed by atoms with Gasteiger partial charge in [-0.25, -0.2) is 0 Å². The van der Waals surface area contributed by atoms with Crippen LogP contribution < -0.4 is 0 Å². The third kappa shape index (κ3) is 5.40. The van der Waals surface area contributed by atoms with Gasteiger partial charge >= 0.3 is 0 Å². The normalized spacial score (nSPS) is 12.3. The number of hydrogen-bond donors (Lipinski definition) is 1. The molecule has 0 saturated heterocycles. The van der Waals surface area contributed by atoms with Crippen LogP contribution >= 0.6 is 0 Å². The average Bonchev–Trinajstić information content (AvgIpc) is 2.96. The summed E-state index contributed by atoms with van der Waals surface area (Å²) in [6.45, 7) is 15.0. The predicted octanol–water partition coefficient (Wildman–Crippen LogP) is 5.48. The van der Waals surface area contributed by atoms with Crippen LogP contribution in [-0.4, -0.2) is 23.0 Å². The molecule has 154 valence electrons. The lowest BCUT2D eigenvalue weighted by molar-refractivity contribution is -0.130. The van der Waals surface area contributed by atoms with Crippen LogP contribution in [0.5, 0.6) is 5.75 Å². The van der Waals surface area contributed by atoms with Crippen molar-refractivity contribution >= 4 is 5.91 Å². The van der Waals surface area contributed by atoms with Crippen LogP contribution in [0.15, 0.2) is 28.7 Å². The number of amides is 1. The number of nitrogens with zero attached hydrogens (tertiary/aromatic N) is 1. The zero-order chi connectivity index (χ0) is 21.3. The largest absolute Gasteiger partial charge is 0.507 e. The number of aromatic hydroxyl groups is 1. The Morgan fingerprint density at radius 2 is 1.57 bits per heavy atom. The molecular formula is C24H35NO3. The molecule has 4 nitrogen and oxygen atoms in total. The first-order valence-electron chi connectivity index (χ1n) is 9.95. The van der Waals surface area contributed by atoms with Crippen LogP contribution in [-0.2, 0) is 28.6 Å². The molecule has 0 radical (unpaired) electrons. The van der Waals surface area contributed by atoms with Gasteiger partial charge < -0.3 is 14.4 Å². The van der Waals surface area contributed by atoms with Gasteiger partial charge in [-0.3, -0.25) is 4.79 Å². The Kier molecular flexibility index (Phi) is 6.32. The van der Waals surface area contributed by atoms with E-state index in [-0.39, 0.29) is 16.7 Å². The number of carbonyl (C=O) groups is 1. The second kappa shape index (κ2) is 8.02. The summed E-state index contributed by atoms with van der Waals surface area (Å²) in [6, 6.07) is 7.91. The van der Waals surface area contributed by atoms with Crippen molar-refractivity contribution in [1.29, 1.82) is 0 Å². The highest BCUT2D eigenvalue weighted by Gasteiger charge is 2.26. The molecule has 0 fully saturated rings. The minimum atomic E-state index is -0.169. The van der Waals surface area contributed by atoms with Gasteiger partial charge in [-0.2, -0.15) is 0 Å². The quantitative estimate of drug-likeness (QED) is 0.741. The van der Waals surface area contributed by atoms with E-state index in [4.69, 9.17) is 4.42 Å². The standard InChI is InChI=1S/C24H35NO3/c1-16-9-11-18(28-16)15-25(8)21(26)12-10-17-13-19(23(2,3)4)22(27)20(14-17)24(5,6)7/h9,11,13-14,27H,10,12,15H2,1-8H3. The molecule has 0 saturated carbocycles. The van der Waals surface area contributed by atoms with Crippen molar-refractivity contribution in [3.05, 3.63) is 52.5 Å². The van der Waals surface area contributed by atoms with Crippen molar-refractivity contribution in [2.45, 2.75) is 78.7 Å². The lowest BCUT2D eigenvalue weighted by Gasteiger charge is -2.28. The number of phenolic OH excluding ortho intramolecular Hbond substituents is 1. The molecule has 0 unspecified atom stereocenters. The molecule has 28 heavy (non-hydrogen) atoms. The van der Waals surface area contributed by atoms with Gasteiger partial charge in [0.05, 0.1) is 6.54 Å². The van der Waals surface area contributed by atoms with Gasteiger partial charge in [0, 0.05) is 13.5 Å². The Morgan fingerprint density at radius 1 is 1.04 bits per heavy atom. The highest BCUT2D eigenvalue weighted by molar-refractivity contribution is 5.76. The summed E-state index contributed by atoms with van der Waals surface area (Å²) in [5.41, 5.74) is 2.61. The van der Waals surface area contributed by atoms with Crippen LogP contribution in [0.25, 0.3) is 0 Å². The Hall–Kier alpha value is -2.23. The lowest BCUT2D eigenvalue weighted by atomic mass is 9.78. The summed E-state index contributed by atoms with van der Waals surface area (Å²) in [4.78, 5) is 14.3. The van der Waals surface area contributed by atoms with Crippen LogP contribution in [0.1, 0.15) is 76.2 Å². The number of phenols is 1. The van der Waals surface area contributed by atoms with Crippen LogP contribution in [0.4, 0.5) is 0 Å². The van der Waals surface area contributed by atoms with Crippen LogP contribution in [0, 0.1) is 6.92 Å². The van der Waals surface area contributed by atoms with Crippen molar-refractivity contribution in [3.63, 3.8) is 0 Å². The summed E-state index contributed by atoms with van der Waals surface area (Å²) in [7, 11) is 1.80. The van der Waals surface area contributed by atoms with Crippen molar-refractivity contribution in [1.82, 2.24) is 4.90 Å². The van der Waals surface area contributed by atoms with E-state index in [1.165, 1.54) is 0 Å². The predicted molar refractivity (Wildman–Crippen MR) is 114 cm³/mol. The highest BCUT2D eigenvalue weighted by atomic mass is 16.3. The van der Waals surface area contributed by atoms with Gasteiger partial charge in [-0.15, -0.1) is 0 Å². The topological polar surface area (TPSA) is 53.7 Å². The molecule has 1 aromatic carbocycles. The maximum atomic E-state index is 12.6. The minimum absolute atomic E-state index is 0.0803. The maximum absolute atomic E-state index is 12.6. The smallest absolute Gasteiger partial charge is 0.223 e. The second-order valence-corrected chi connectivity index (χ2v) is 9.80. The number of benzene rings is 1. The Labute approximate surface area is 169 Å². The first-order chi connectivity index (χ1) is 12.8. The average molecular weight is 386 g/mol. The molecule has 0 aliphatic rings. The minimum Gasteiger partial charge on any atom is -0.507 e. The van der Waals surface area contributed by atoms with E-state index in [0.717, 1.165) is 28.2 Å². The van der Waals surface area contributed by atoms with Gasteiger partial charge in [0.25, 0.3) is 0 Å². The van der Waals surface area contributed by atoms with Gasteiger partial charge in [0.2, 0.25) is 5.91 Å². The molecule has 0 bridgehead atoms. The fourth-order valence-electron chi connectivity index (χ4n) is 3.32. The Balaban J connectivity index is 2.17. The zero-order valence-corrected chi connectivity index (χ0v) is 18.6. The fourth-order valence-corrected chi connectivity index (χ4v) is 3.32. The van der Waals surface area contributed by atoms with E-state index in [1.807, 2.05) is 31.2 Å². The van der Waals surface area contributed by atoms with E-state index < -0.39 is 0 Å². The zero-order valence-electron chi connectivity index (χ0n) is 18.6. The third-order valence-corrected chi connectivity index (χ3v) is 5.03. The number of aryl methyl sites for hydroxylation is 2. The first kappa shape index (κ1) is 22.1. The van der Waals surface area contributed by atoms with Gasteiger partial charge in [-0.05, 0) is 53.0 Å². The SMILES string of the molecule is Cc1ccc(CN(C)C(=O)CCc2cc(C(C)(C)C)c(O)c(C(C)(C)C)c2)o1. The summed E-state index contributed by atoms with van der Waals surface area (Å²) in [6.07, 6.45) is 1.07. The molecular weight excluding hydrogens is 350 g/mol. The van der Waals surface area contributed by atoms with Crippen molar-refractivity contribution < 1.29 is 14.3 Å². The van der Waals surface area contributed by atoms with Gasteiger partial charge in [0.1, 0.15) is 17.3 Å². The maximum Gasteiger partial charge on any atom is 0.223 e. The number of furan rings is 1. The van der Waals surface area contributed by atoms with E-state index in [9.17, 15) is 9.90 Å². The summed E-state index contributed by atoms with van der Waals surface area (Å²) < 4.78 is 5.56. The van der Waals surface area contributed by atoms with Crippen LogP contribution in [0.2, 0.25) is 0 Å². The molecule has 0 atom stereocenters. The summed E-state index contributed by atoms with van der Waals surface area (Å²) in [5.74, 6) is 2.10. The third-order valence-electron chi connectivity index (χ3n) is 5.03. The first-order valence-corrected chi connectivity index (χ1v) is 9.95. The molecule has 0 spiro atoms. The Morgan fingerprint density at radius 3 is 2.00 bits per heavy atom. The fraction of sp³-hybridized carbons (Fsp3) is 0.542. The monoisotopic (exact) mass is 385 g/mol. The van der Waals surface area contributed by atoms with E-state index in [0.29, 0.717) is 25.1 Å². The number of hydrogen-bond acceptors (Lipinski definition) is 3. The van der Waals surface area contributed by atoms with Crippen molar-refractivity contribution in [2.75, 3.05) is 7.05 Å². The van der Waals surface area contributed by atoms with Crippen molar-refractivity contribution in [2.24, 2.45) is 0 Å². The molecule has 1 N–H and O–H groups in total. The second-order valence-electron chi connectivity index (χ2n) is 9.80. The molecule has 2 aromatic rings. The van der Waals surface area contributed by atoms with E-state index in [2.05, 4.69) is 41.5 Å². The molecule has 1 amide bonds. The summed E-state index contributed by atoms with van der Waals surface area (Å²) in [5, 5.41) is 10.8. The molecule has 0 aliphatic carbocycles. The van der Waals surface area contributed by atoms with Gasteiger partial charge in [0.15, 0.2) is 0 Å². The van der Waals surface area contributed by atoms with Gasteiger partial charge in [-0.1, -0.05) is 53.7 Å². The van der Waals surface area contributed by atoms with E-state index >= 15 is 0 Å². The molecule has 1 aromatic heterocycles. The Bertz CT molecular complexity index is 799. The number of rotatable bonds is 5. The van der Waals surface area contributed by atoms with E-state index in [1.54, 1.807) is 11.9 Å². The molecule has 2 rings (SSSR count). The molecule has 1 heterocycles. The number of carbonyl (C=O) groups excluding carboxylic acids is 1. The highest BCUT2D eigenvalue weighted by Crippen LogP contribution is 2.40. The molecule has 4 heteroatoms. The van der Waals surface area contributed by atoms with Crippen LogP contribution in [0.3, 0.4) is 0 Å². The van der Waals surface area contributed by atoms with Crippen molar-refractivity contribution in [3.8, 4) is 5.75 Å². The molecule has 0 aliphatic heterocycles. The summed E-state index contributed by atoms with van der Waals surface area (Å²) >= 11 is 0.